The van der Waals surface area contributed by atoms with E-state index in [1.54, 1.807) is 18.2 Å². The smallest absolute Gasteiger partial charge is 0.310 e. The van der Waals surface area contributed by atoms with Gasteiger partial charge >= 0.3 is 5.97 Å². The summed E-state index contributed by atoms with van der Waals surface area (Å²) in [6.45, 7) is 0.812. The summed E-state index contributed by atoms with van der Waals surface area (Å²) in [6.07, 6.45) is 4.42. The average molecular weight is 319 g/mol. The minimum absolute atomic E-state index is 0.105. The normalized spacial score (nSPS) is 16.9. The maximum atomic E-state index is 11.8. The molecule has 6 heteroatoms. The van der Waals surface area contributed by atoms with Crippen LogP contribution in [0.15, 0.2) is 18.2 Å². The first kappa shape index (κ1) is 15.6. The molecule has 3 rings (SSSR count). The summed E-state index contributed by atoms with van der Waals surface area (Å²) >= 11 is 0. The Morgan fingerprint density at radius 3 is 2.65 bits per heavy atom. The Morgan fingerprint density at radius 1 is 1.13 bits per heavy atom. The summed E-state index contributed by atoms with van der Waals surface area (Å²) in [4.78, 5) is 23.6. The first-order chi connectivity index (χ1) is 11.2. The lowest BCUT2D eigenvalue weighted by Gasteiger charge is -2.18. The zero-order chi connectivity index (χ0) is 16.1. The highest BCUT2D eigenvalue weighted by Gasteiger charge is 2.18. The van der Waals surface area contributed by atoms with Crippen LogP contribution in [0, 0.1) is 0 Å². The zero-order valence-electron chi connectivity index (χ0n) is 13.0. The molecule has 1 amide bonds. The van der Waals surface area contributed by atoms with E-state index in [2.05, 4.69) is 5.32 Å². The molecule has 1 aliphatic carbocycles. The fourth-order valence-corrected chi connectivity index (χ4v) is 2.90. The Balaban J connectivity index is 1.44. The predicted molar refractivity (Wildman–Crippen MR) is 82.5 cm³/mol. The molecular weight excluding hydrogens is 298 g/mol. The van der Waals surface area contributed by atoms with Crippen LogP contribution in [0.3, 0.4) is 0 Å². The predicted octanol–water partition coefficient (Wildman–Crippen LogP) is 1.60. The van der Waals surface area contributed by atoms with Gasteiger partial charge in [-0.3, -0.25) is 9.59 Å². The van der Waals surface area contributed by atoms with Crippen LogP contribution in [0.5, 0.6) is 11.5 Å². The van der Waals surface area contributed by atoms with Gasteiger partial charge in [-0.25, -0.2) is 0 Å². The van der Waals surface area contributed by atoms with Crippen molar-refractivity contribution in [2.24, 2.45) is 0 Å². The Bertz CT molecular complexity index is 580. The van der Waals surface area contributed by atoms with Crippen LogP contribution in [0.1, 0.15) is 31.2 Å². The minimum Gasteiger partial charge on any atom is -0.486 e. The molecular formula is C17H21NO5. The first-order valence-electron chi connectivity index (χ1n) is 8.04. The standard InChI is InChI=1S/C17H21NO5/c19-16(18-13-3-1-2-4-13)11-23-17(20)10-12-5-6-14-15(9-12)22-8-7-21-14/h5-6,9,13H,1-4,7-8,10-11H2,(H,18,19). The molecule has 1 heterocycles. The van der Waals surface area contributed by atoms with E-state index in [4.69, 9.17) is 14.2 Å². The number of esters is 1. The summed E-state index contributed by atoms with van der Waals surface area (Å²) in [5.41, 5.74) is 0.774. The molecule has 6 nitrogen and oxygen atoms in total. The molecule has 0 unspecified atom stereocenters. The highest BCUT2D eigenvalue weighted by molar-refractivity contribution is 5.81. The van der Waals surface area contributed by atoms with E-state index in [-0.39, 0.29) is 25.0 Å². The molecule has 0 spiro atoms. The maximum Gasteiger partial charge on any atom is 0.310 e. The van der Waals surface area contributed by atoms with E-state index in [0.717, 1.165) is 31.2 Å². The van der Waals surface area contributed by atoms with Crippen molar-refractivity contribution in [3.05, 3.63) is 23.8 Å². The summed E-state index contributed by atoms with van der Waals surface area (Å²) < 4.78 is 15.9. The van der Waals surface area contributed by atoms with Crippen LogP contribution in [-0.2, 0) is 20.7 Å². The topological polar surface area (TPSA) is 73.9 Å². The number of benzene rings is 1. The van der Waals surface area contributed by atoms with Gasteiger partial charge in [0.1, 0.15) is 13.2 Å². The highest BCUT2D eigenvalue weighted by Crippen LogP contribution is 2.30. The van der Waals surface area contributed by atoms with Crippen molar-refractivity contribution in [2.45, 2.75) is 38.1 Å². The molecule has 1 N–H and O–H groups in total. The minimum atomic E-state index is -0.428. The first-order valence-corrected chi connectivity index (χ1v) is 8.04. The summed E-state index contributed by atoms with van der Waals surface area (Å²) in [5.74, 6) is 0.667. The number of carbonyl (C=O) groups is 2. The number of fused-ring (bicyclic) bond motifs is 1. The maximum absolute atomic E-state index is 11.8. The van der Waals surface area contributed by atoms with Crippen LogP contribution < -0.4 is 14.8 Å². The van der Waals surface area contributed by atoms with Gasteiger partial charge in [0.05, 0.1) is 6.42 Å². The quantitative estimate of drug-likeness (QED) is 0.835. The molecule has 1 aromatic rings. The number of hydrogen-bond donors (Lipinski definition) is 1. The number of carbonyl (C=O) groups excluding carboxylic acids is 2. The highest BCUT2D eigenvalue weighted by atomic mass is 16.6. The van der Waals surface area contributed by atoms with Crippen molar-refractivity contribution in [1.29, 1.82) is 0 Å². The van der Waals surface area contributed by atoms with E-state index >= 15 is 0 Å². The third-order valence-corrected chi connectivity index (χ3v) is 4.04. The second-order valence-corrected chi connectivity index (χ2v) is 5.86. The lowest BCUT2D eigenvalue weighted by molar-refractivity contribution is -0.148. The number of hydrogen-bond acceptors (Lipinski definition) is 5. The Kier molecular flexibility index (Phi) is 5.00. The van der Waals surface area contributed by atoms with Crippen molar-refractivity contribution in [3.8, 4) is 11.5 Å². The molecule has 1 aliphatic heterocycles. The SMILES string of the molecule is O=C(COC(=O)Cc1ccc2c(c1)OCCO2)NC1CCCC1. The van der Waals surface area contributed by atoms with E-state index in [9.17, 15) is 9.59 Å². The van der Waals surface area contributed by atoms with Gasteiger partial charge in [-0.05, 0) is 30.5 Å². The molecule has 0 radical (unpaired) electrons. The molecule has 1 saturated carbocycles. The van der Waals surface area contributed by atoms with Gasteiger partial charge in [-0.2, -0.15) is 0 Å². The molecule has 0 bridgehead atoms. The van der Waals surface area contributed by atoms with Gasteiger partial charge in [0.25, 0.3) is 5.91 Å². The van der Waals surface area contributed by atoms with Crippen LogP contribution in [0.25, 0.3) is 0 Å². The second-order valence-electron chi connectivity index (χ2n) is 5.86. The van der Waals surface area contributed by atoms with Crippen molar-refractivity contribution >= 4 is 11.9 Å². The van der Waals surface area contributed by atoms with Crippen LogP contribution >= 0.6 is 0 Å². The number of rotatable bonds is 5. The van der Waals surface area contributed by atoms with Gasteiger partial charge in [0, 0.05) is 6.04 Å². The van der Waals surface area contributed by atoms with Gasteiger partial charge < -0.3 is 19.5 Å². The van der Waals surface area contributed by atoms with E-state index in [1.165, 1.54) is 0 Å². The molecule has 0 aromatic heterocycles. The molecule has 0 atom stereocenters. The fourth-order valence-electron chi connectivity index (χ4n) is 2.90. The molecule has 1 aromatic carbocycles. The van der Waals surface area contributed by atoms with Gasteiger partial charge in [0.15, 0.2) is 18.1 Å². The third-order valence-electron chi connectivity index (χ3n) is 4.04. The van der Waals surface area contributed by atoms with Crippen LogP contribution in [0.4, 0.5) is 0 Å². The van der Waals surface area contributed by atoms with Crippen LogP contribution in [0.2, 0.25) is 0 Å². The zero-order valence-corrected chi connectivity index (χ0v) is 13.0. The monoisotopic (exact) mass is 319 g/mol. The molecule has 1 fully saturated rings. The molecule has 23 heavy (non-hydrogen) atoms. The van der Waals surface area contributed by atoms with Crippen molar-refractivity contribution in [2.75, 3.05) is 19.8 Å². The Hall–Kier alpha value is -2.24. The molecule has 124 valence electrons. The summed E-state index contributed by atoms with van der Waals surface area (Å²) in [5, 5.41) is 2.89. The second kappa shape index (κ2) is 7.35. The fraction of sp³-hybridized carbons (Fsp3) is 0.529. The summed E-state index contributed by atoms with van der Waals surface area (Å²) in [6, 6.07) is 5.59. The number of ether oxygens (including phenoxy) is 3. The van der Waals surface area contributed by atoms with Crippen LogP contribution in [-0.4, -0.2) is 37.7 Å². The molecule has 0 saturated heterocycles. The lowest BCUT2D eigenvalue weighted by atomic mass is 10.1. The summed E-state index contributed by atoms with van der Waals surface area (Å²) in [7, 11) is 0. The van der Waals surface area contributed by atoms with Gasteiger partial charge in [-0.15, -0.1) is 0 Å². The number of nitrogens with one attached hydrogen (secondary N) is 1. The van der Waals surface area contributed by atoms with Gasteiger partial charge in [-0.1, -0.05) is 18.9 Å². The van der Waals surface area contributed by atoms with E-state index in [0.29, 0.717) is 24.7 Å². The molecule has 2 aliphatic rings. The van der Waals surface area contributed by atoms with E-state index in [1.807, 2.05) is 0 Å². The van der Waals surface area contributed by atoms with E-state index < -0.39 is 5.97 Å². The number of amides is 1. The van der Waals surface area contributed by atoms with Crippen molar-refractivity contribution < 1.29 is 23.8 Å². The lowest BCUT2D eigenvalue weighted by Crippen LogP contribution is -2.36. The van der Waals surface area contributed by atoms with Gasteiger partial charge in [0.2, 0.25) is 0 Å². The average Bonchev–Trinajstić information content (AvgIpc) is 3.06. The third kappa shape index (κ3) is 4.37. The Morgan fingerprint density at radius 2 is 1.87 bits per heavy atom. The largest absolute Gasteiger partial charge is 0.486 e. The Labute approximate surface area is 135 Å². The van der Waals surface area contributed by atoms with Crippen molar-refractivity contribution in [1.82, 2.24) is 5.32 Å². The van der Waals surface area contributed by atoms with Crippen molar-refractivity contribution in [3.63, 3.8) is 0 Å².